The second-order valence-corrected chi connectivity index (χ2v) is 4.21. The number of unbranched alkanes of at least 4 members (excludes halogenated alkanes) is 1. The molecule has 0 unspecified atom stereocenters. The van der Waals surface area contributed by atoms with E-state index in [1.807, 2.05) is 37.3 Å². The van der Waals surface area contributed by atoms with Crippen LogP contribution in [0.25, 0.3) is 0 Å². The Morgan fingerprint density at radius 3 is 2.62 bits per heavy atom. The van der Waals surface area contributed by atoms with Crippen molar-refractivity contribution in [1.29, 1.82) is 0 Å². The molecular weight excluding hydrogens is 274 g/mol. The molecule has 0 atom stereocenters. The zero-order chi connectivity index (χ0) is 15.5. The highest BCUT2D eigenvalue weighted by atomic mass is 16.5. The first kappa shape index (κ1) is 16.5. The maximum Gasteiger partial charge on any atom is 0.434 e. The first-order valence-electron chi connectivity index (χ1n) is 6.65. The van der Waals surface area contributed by atoms with E-state index in [-0.39, 0.29) is 12.6 Å². The van der Waals surface area contributed by atoms with Crippen LogP contribution in [0.2, 0.25) is 0 Å². The molecule has 1 aromatic carbocycles. The molecule has 0 heterocycles. The van der Waals surface area contributed by atoms with Crippen LogP contribution < -0.4 is 10.6 Å². The van der Waals surface area contributed by atoms with Crippen LogP contribution in [0.1, 0.15) is 25.3 Å². The topological polar surface area (TPSA) is 100 Å². The Morgan fingerprint density at radius 2 is 2.00 bits per heavy atom. The molecule has 21 heavy (non-hydrogen) atoms. The van der Waals surface area contributed by atoms with Crippen molar-refractivity contribution >= 4 is 18.1 Å². The van der Waals surface area contributed by atoms with Crippen molar-refractivity contribution in [3.05, 3.63) is 35.9 Å². The van der Waals surface area contributed by atoms with E-state index in [9.17, 15) is 9.59 Å². The number of alkyl carbamates (subject to hydrolysis) is 1. The van der Waals surface area contributed by atoms with Crippen molar-refractivity contribution < 1.29 is 19.4 Å². The van der Waals surface area contributed by atoms with E-state index < -0.39 is 12.2 Å². The van der Waals surface area contributed by atoms with Crippen molar-refractivity contribution in [1.82, 2.24) is 10.6 Å². The summed E-state index contributed by atoms with van der Waals surface area (Å²) < 4.78 is 4.98. The summed E-state index contributed by atoms with van der Waals surface area (Å²) in [4.78, 5) is 25.4. The van der Waals surface area contributed by atoms with E-state index in [0.29, 0.717) is 6.54 Å². The predicted molar refractivity (Wildman–Crippen MR) is 78.1 cm³/mol. The minimum absolute atomic E-state index is 0.0992. The van der Waals surface area contributed by atoms with Crippen LogP contribution in [-0.4, -0.2) is 29.8 Å². The molecule has 0 spiro atoms. The quantitative estimate of drug-likeness (QED) is 0.439. The lowest BCUT2D eigenvalue weighted by atomic mass is 10.2. The van der Waals surface area contributed by atoms with Gasteiger partial charge in [-0.15, -0.1) is 4.99 Å². The number of carbonyl (C=O) groups excluding carboxylic acids is 1. The monoisotopic (exact) mass is 293 g/mol. The molecule has 0 fully saturated rings. The molecule has 1 aromatic rings. The molecule has 0 radical (unpaired) electrons. The molecule has 0 aliphatic rings. The summed E-state index contributed by atoms with van der Waals surface area (Å²) in [6, 6.07) is 9.16. The summed E-state index contributed by atoms with van der Waals surface area (Å²) in [7, 11) is 0. The Hall–Kier alpha value is -2.57. The van der Waals surface area contributed by atoms with Gasteiger partial charge < -0.3 is 15.2 Å². The predicted octanol–water partition coefficient (Wildman–Crippen LogP) is 2.34. The van der Waals surface area contributed by atoms with Crippen LogP contribution in [0.3, 0.4) is 0 Å². The van der Waals surface area contributed by atoms with Crippen LogP contribution in [0.5, 0.6) is 0 Å². The average molecular weight is 293 g/mol. The molecule has 0 saturated carbocycles. The molecule has 1 rings (SSSR count). The summed E-state index contributed by atoms with van der Waals surface area (Å²) >= 11 is 0. The fraction of sp³-hybridized carbons (Fsp3) is 0.357. The van der Waals surface area contributed by atoms with Crippen molar-refractivity contribution in [2.75, 3.05) is 6.54 Å². The second-order valence-electron chi connectivity index (χ2n) is 4.21. The van der Waals surface area contributed by atoms with E-state index >= 15 is 0 Å². The van der Waals surface area contributed by atoms with Gasteiger partial charge in [-0.25, -0.2) is 9.59 Å². The van der Waals surface area contributed by atoms with Gasteiger partial charge in [0.2, 0.25) is 5.96 Å². The van der Waals surface area contributed by atoms with E-state index in [2.05, 4.69) is 15.6 Å². The number of guanidine groups is 1. The number of rotatable bonds is 5. The number of amides is 2. The molecule has 114 valence electrons. The lowest BCUT2D eigenvalue weighted by Gasteiger charge is -2.10. The third-order valence-electron chi connectivity index (χ3n) is 2.46. The number of carboxylic acid groups (broad SMARTS) is 1. The van der Waals surface area contributed by atoms with Crippen molar-refractivity contribution in [3.8, 4) is 0 Å². The molecule has 0 saturated heterocycles. The summed E-state index contributed by atoms with van der Waals surface area (Å²) in [5, 5.41) is 13.7. The van der Waals surface area contributed by atoms with Gasteiger partial charge in [0.1, 0.15) is 6.61 Å². The summed E-state index contributed by atoms with van der Waals surface area (Å²) in [6.07, 6.45) is -0.384. The van der Waals surface area contributed by atoms with Crippen LogP contribution >= 0.6 is 0 Å². The normalized spacial score (nSPS) is 10.8. The number of ether oxygens (including phenoxy) is 1. The second kappa shape index (κ2) is 9.35. The van der Waals surface area contributed by atoms with Crippen molar-refractivity contribution in [2.24, 2.45) is 4.99 Å². The molecule has 7 heteroatoms. The molecule has 0 aliphatic carbocycles. The highest BCUT2D eigenvalue weighted by molar-refractivity contribution is 5.98. The molecule has 3 N–H and O–H groups in total. The lowest BCUT2D eigenvalue weighted by molar-refractivity contribution is 0.145. The fourth-order valence-corrected chi connectivity index (χ4v) is 1.45. The maximum atomic E-state index is 11.6. The third-order valence-corrected chi connectivity index (χ3v) is 2.46. The number of hydrogen-bond donors (Lipinski definition) is 3. The van der Waals surface area contributed by atoms with E-state index in [1.54, 1.807) is 0 Å². The van der Waals surface area contributed by atoms with Crippen LogP contribution in [0, 0.1) is 0 Å². The number of benzene rings is 1. The standard InChI is InChI=1S/C14H19N3O4/c1-2-3-9-15-12(16-13(18)19)17-14(20)21-10-11-7-5-4-6-8-11/h4-8H,2-3,9-10H2,1H3,(H,18,19)(H2,15,16,17,20). The number of nitrogens with one attached hydrogen (secondary N) is 2. The Balaban J connectivity index is 2.46. The highest BCUT2D eigenvalue weighted by Gasteiger charge is 2.08. The number of hydrogen-bond acceptors (Lipinski definition) is 3. The first-order chi connectivity index (χ1) is 10.1. The van der Waals surface area contributed by atoms with Crippen LogP contribution in [-0.2, 0) is 11.3 Å². The lowest BCUT2D eigenvalue weighted by Crippen LogP contribution is -2.42. The van der Waals surface area contributed by atoms with Gasteiger partial charge in [-0.3, -0.25) is 5.32 Å². The molecule has 0 bridgehead atoms. The van der Waals surface area contributed by atoms with Crippen molar-refractivity contribution in [3.63, 3.8) is 0 Å². The molecule has 0 aliphatic heterocycles. The maximum absolute atomic E-state index is 11.6. The summed E-state index contributed by atoms with van der Waals surface area (Å²) in [5.74, 6) is -0.131. The Kier molecular flexibility index (Phi) is 7.34. The highest BCUT2D eigenvalue weighted by Crippen LogP contribution is 2.00. The van der Waals surface area contributed by atoms with Crippen LogP contribution in [0.15, 0.2) is 35.3 Å². The third kappa shape index (κ3) is 7.56. The molecule has 2 amide bonds. The minimum Gasteiger partial charge on any atom is -0.463 e. The number of aliphatic imine (C=N–C) groups is 1. The van der Waals surface area contributed by atoms with E-state index in [0.717, 1.165) is 18.4 Å². The zero-order valence-electron chi connectivity index (χ0n) is 11.8. The summed E-state index contributed by atoms with van der Waals surface area (Å²) in [5.41, 5.74) is 0.836. The fourth-order valence-electron chi connectivity index (χ4n) is 1.45. The Morgan fingerprint density at radius 1 is 1.29 bits per heavy atom. The largest absolute Gasteiger partial charge is 0.463 e. The van der Waals surface area contributed by atoms with Gasteiger partial charge in [-0.05, 0) is 12.0 Å². The average Bonchev–Trinajstić information content (AvgIpc) is 2.46. The minimum atomic E-state index is -1.39. The molecule has 0 aromatic heterocycles. The summed E-state index contributed by atoms with van der Waals surface area (Å²) in [6.45, 7) is 2.61. The number of nitrogens with zero attached hydrogens (tertiary/aromatic N) is 1. The van der Waals surface area contributed by atoms with E-state index in [4.69, 9.17) is 9.84 Å². The Bertz CT molecular complexity index is 488. The smallest absolute Gasteiger partial charge is 0.434 e. The number of carbonyl (C=O) groups is 2. The van der Waals surface area contributed by atoms with Gasteiger partial charge in [-0.2, -0.15) is 0 Å². The van der Waals surface area contributed by atoms with Gasteiger partial charge in [-0.1, -0.05) is 43.7 Å². The van der Waals surface area contributed by atoms with Gasteiger partial charge >= 0.3 is 12.2 Å². The van der Waals surface area contributed by atoms with Gasteiger partial charge in [0.05, 0.1) is 0 Å². The van der Waals surface area contributed by atoms with Crippen molar-refractivity contribution in [2.45, 2.75) is 26.4 Å². The zero-order valence-corrected chi connectivity index (χ0v) is 11.8. The van der Waals surface area contributed by atoms with Gasteiger partial charge in [0.15, 0.2) is 0 Å². The SMILES string of the molecule is CCCCNC(=NC(=O)O)NC(=O)OCc1ccccc1. The first-order valence-corrected chi connectivity index (χ1v) is 6.65. The van der Waals surface area contributed by atoms with E-state index in [1.165, 1.54) is 0 Å². The molecule has 7 nitrogen and oxygen atoms in total. The van der Waals surface area contributed by atoms with Crippen LogP contribution in [0.4, 0.5) is 9.59 Å². The van der Waals surface area contributed by atoms with Gasteiger partial charge in [0, 0.05) is 6.54 Å². The molecular formula is C14H19N3O4. The Labute approximate surface area is 123 Å². The van der Waals surface area contributed by atoms with Gasteiger partial charge in [0.25, 0.3) is 0 Å².